The van der Waals surface area contributed by atoms with Gasteiger partial charge >= 0.3 is 6.09 Å². The largest absolute Gasteiger partial charge is 0.444 e. The number of nitrogens with one attached hydrogen (secondary N) is 1. The molecule has 2 rings (SSSR count). The lowest BCUT2D eigenvalue weighted by Crippen LogP contribution is -2.32. The highest BCUT2D eigenvalue weighted by molar-refractivity contribution is 7.08. The maximum absolute atomic E-state index is 11.6. The molecule has 0 saturated heterocycles. The lowest BCUT2D eigenvalue weighted by atomic mass is 10.1. The average Bonchev–Trinajstić information content (AvgIpc) is 2.88. The van der Waals surface area contributed by atoms with Gasteiger partial charge < -0.3 is 10.1 Å². The number of nitrogens with zero attached hydrogens (tertiary/aromatic N) is 1. The lowest BCUT2D eigenvalue weighted by molar-refractivity contribution is 0.0523. The van der Waals surface area contributed by atoms with Crippen molar-refractivity contribution in [2.75, 3.05) is 0 Å². The second-order valence-corrected chi connectivity index (χ2v) is 6.23. The monoisotopic (exact) mass is 290 g/mol. The van der Waals surface area contributed by atoms with Crippen LogP contribution in [0.15, 0.2) is 35.3 Å². The zero-order chi connectivity index (χ0) is 14.6. The number of carbonyl (C=O) groups is 1. The Labute approximate surface area is 122 Å². The molecule has 0 aromatic carbocycles. The fourth-order valence-corrected chi connectivity index (χ4v) is 2.32. The molecule has 0 radical (unpaired) electrons. The fourth-order valence-electron chi connectivity index (χ4n) is 1.66. The number of rotatable bonds is 3. The quantitative estimate of drug-likeness (QED) is 0.934. The van der Waals surface area contributed by atoms with Crippen LogP contribution in [-0.4, -0.2) is 16.7 Å². The second kappa shape index (κ2) is 6.05. The van der Waals surface area contributed by atoms with E-state index in [1.54, 1.807) is 17.5 Å². The predicted molar refractivity (Wildman–Crippen MR) is 80.6 cm³/mol. The number of hydrogen-bond acceptors (Lipinski definition) is 4. The SMILES string of the molecule is CC(C)(C)OC(=O)NCc1cncc(-c2ccsc2)c1. The van der Waals surface area contributed by atoms with Gasteiger partial charge in [-0.05, 0) is 54.8 Å². The number of carbonyl (C=O) groups excluding carboxylic acids is 1. The van der Waals surface area contributed by atoms with Crippen LogP contribution in [0.3, 0.4) is 0 Å². The highest BCUT2D eigenvalue weighted by Crippen LogP contribution is 2.21. The molecule has 4 nitrogen and oxygen atoms in total. The maximum Gasteiger partial charge on any atom is 0.407 e. The van der Waals surface area contributed by atoms with Crippen LogP contribution in [0, 0.1) is 0 Å². The molecule has 0 aliphatic rings. The number of thiophene rings is 1. The van der Waals surface area contributed by atoms with Crippen molar-refractivity contribution < 1.29 is 9.53 Å². The average molecular weight is 290 g/mol. The Bertz CT molecular complexity index is 574. The standard InChI is InChI=1S/C15H18N2O2S/c1-15(2,3)19-14(18)17-8-11-6-13(9-16-7-11)12-4-5-20-10-12/h4-7,9-10H,8H2,1-3H3,(H,17,18). The number of hydrogen-bond donors (Lipinski definition) is 1. The van der Waals surface area contributed by atoms with Gasteiger partial charge in [-0.2, -0.15) is 11.3 Å². The topological polar surface area (TPSA) is 51.2 Å². The summed E-state index contributed by atoms with van der Waals surface area (Å²) in [5.74, 6) is 0. The van der Waals surface area contributed by atoms with Gasteiger partial charge in [0.15, 0.2) is 0 Å². The van der Waals surface area contributed by atoms with Crippen molar-refractivity contribution in [2.45, 2.75) is 32.9 Å². The molecule has 0 aliphatic heterocycles. The van der Waals surface area contributed by atoms with E-state index < -0.39 is 11.7 Å². The van der Waals surface area contributed by atoms with E-state index in [-0.39, 0.29) is 0 Å². The Morgan fingerprint density at radius 3 is 2.80 bits per heavy atom. The number of pyridine rings is 1. The minimum atomic E-state index is -0.485. The van der Waals surface area contributed by atoms with E-state index in [9.17, 15) is 4.79 Å². The van der Waals surface area contributed by atoms with Crippen molar-refractivity contribution in [1.29, 1.82) is 0 Å². The van der Waals surface area contributed by atoms with E-state index in [1.165, 1.54) is 0 Å². The third-order valence-corrected chi connectivity index (χ3v) is 3.17. The number of aromatic nitrogens is 1. The predicted octanol–water partition coefficient (Wildman–Crippen LogP) is 3.83. The maximum atomic E-state index is 11.6. The van der Waals surface area contributed by atoms with E-state index in [2.05, 4.69) is 15.7 Å². The molecule has 2 aromatic rings. The normalized spacial score (nSPS) is 11.2. The van der Waals surface area contributed by atoms with Crippen LogP contribution in [0.25, 0.3) is 11.1 Å². The molecule has 0 fully saturated rings. The Morgan fingerprint density at radius 1 is 1.35 bits per heavy atom. The van der Waals surface area contributed by atoms with Crippen molar-refractivity contribution in [3.63, 3.8) is 0 Å². The van der Waals surface area contributed by atoms with Crippen LogP contribution in [0.5, 0.6) is 0 Å². The summed E-state index contributed by atoms with van der Waals surface area (Å²) >= 11 is 1.65. The van der Waals surface area contributed by atoms with Gasteiger partial charge in [0.05, 0.1) is 0 Å². The van der Waals surface area contributed by atoms with Crippen LogP contribution >= 0.6 is 11.3 Å². The summed E-state index contributed by atoms with van der Waals surface area (Å²) in [6, 6.07) is 4.07. The summed E-state index contributed by atoms with van der Waals surface area (Å²) in [5.41, 5.74) is 2.65. The molecule has 0 unspecified atom stereocenters. The van der Waals surface area contributed by atoms with Crippen molar-refractivity contribution in [2.24, 2.45) is 0 Å². The number of amides is 1. The third-order valence-electron chi connectivity index (χ3n) is 2.49. The Balaban J connectivity index is 1.97. The highest BCUT2D eigenvalue weighted by atomic mass is 32.1. The Morgan fingerprint density at radius 2 is 2.15 bits per heavy atom. The van der Waals surface area contributed by atoms with Crippen molar-refractivity contribution in [1.82, 2.24) is 10.3 Å². The molecule has 0 saturated carbocycles. The van der Waals surface area contributed by atoms with Crippen LogP contribution in [0.4, 0.5) is 4.79 Å². The summed E-state index contributed by atoms with van der Waals surface area (Å²) in [6.07, 6.45) is 3.14. The van der Waals surface area contributed by atoms with E-state index in [0.29, 0.717) is 6.54 Å². The van der Waals surface area contributed by atoms with E-state index in [4.69, 9.17) is 4.74 Å². The first-order valence-corrected chi connectivity index (χ1v) is 7.32. The van der Waals surface area contributed by atoms with Gasteiger partial charge in [0, 0.05) is 24.5 Å². The van der Waals surface area contributed by atoms with Crippen LogP contribution in [0.2, 0.25) is 0 Å². The molecular weight excluding hydrogens is 272 g/mol. The smallest absolute Gasteiger partial charge is 0.407 e. The molecule has 0 spiro atoms. The van der Waals surface area contributed by atoms with Crippen molar-refractivity contribution in [3.05, 3.63) is 40.8 Å². The zero-order valence-electron chi connectivity index (χ0n) is 11.8. The Hall–Kier alpha value is -1.88. The first-order chi connectivity index (χ1) is 9.44. The minimum Gasteiger partial charge on any atom is -0.444 e. The van der Waals surface area contributed by atoms with Crippen LogP contribution in [-0.2, 0) is 11.3 Å². The van der Waals surface area contributed by atoms with E-state index >= 15 is 0 Å². The molecular formula is C15H18N2O2S. The molecule has 0 aliphatic carbocycles. The van der Waals surface area contributed by atoms with Gasteiger partial charge in [0.1, 0.15) is 5.60 Å². The van der Waals surface area contributed by atoms with Crippen molar-refractivity contribution in [3.8, 4) is 11.1 Å². The summed E-state index contributed by atoms with van der Waals surface area (Å²) in [6.45, 7) is 5.92. The molecule has 0 atom stereocenters. The summed E-state index contributed by atoms with van der Waals surface area (Å²) < 4.78 is 5.19. The van der Waals surface area contributed by atoms with E-state index in [0.717, 1.165) is 16.7 Å². The molecule has 2 heterocycles. The summed E-state index contributed by atoms with van der Waals surface area (Å²) in [5, 5.41) is 6.83. The molecule has 1 amide bonds. The number of ether oxygens (including phenoxy) is 1. The van der Waals surface area contributed by atoms with Crippen LogP contribution < -0.4 is 5.32 Å². The third kappa shape index (κ3) is 4.35. The molecule has 20 heavy (non-hydrogen) atoms. The first-order valence-electron chi connectivity index (χ1n) is 6.37. The number of alkyl carbamates (subject to hydrolysis) is 1. The van der Waals surface area contributed by atoms with E-state index in [1.807, 2.05) is 44.5 Å². The minimum absolute atomic E-state index is 0.403. The van der Waals surface area contributed by atoms with Crippen molar-refractivity contribution >= 4 is 17.4 Å². The highest BCUT2D eigenvalue weighted by Gasteiger charge is 2.15. The second-order valence-electron chi connectivity index (χ2n) is 5.45. The van der Waals surface area contributed by atoms with Gasteiger partial charge in [0.25, 0.3) is 0 Å². The zero-order valence-corrected chi connectivity index (χ0v) is 12.7. The van der Waals surface area contributed by atoms with Gasteiger partial charge in [-0.3, -0.25) is 4.98 Å². The van der Waals surface area contributed by atoms with Gasteiger partial charge in [-0.25, -0.2) is 4.79 Å². The lowest BCUT2D eigenvalue weighted by Gasteiger charge is -2.19. The first kappa shape index (κ1) is 14.5. The van der Waals surface area contributed by atoms with Crippen LogP contribution in [0.1, 0.15) is 26.3 Å². The summed E-state index contributed by atoms with van der Waals surface area (Å²) in [4.78, 5) is 15.8. The summed E-state index contributed by atoms with van der Waals surface area (Å²) in [7, 11) is 0. The van der Waals surface area contributed by atoms with Gasteiger partial charge in [-0.1, -0.05) is 0 Å². The van der Waals surface area contributed by atoms with Gasteiger partial charge in [0.2, 0.25) is 0 Å². The molecule has 0 bridgehead atoms. The molecule has 5 heteroatoms. The van der Waals surface area contributed by atoms with Gasteiger partial charge in [-0.15, -0.1) is 0 Å². The molecule has 106 valence electrons. The molecule has 2 aromatic heterocycles. The fraction of sp³-hybridized carbons (Fsp3) is 0.333. The molecule has 1 N–H and O–H groups in total. The Kier molecular flexibility index (Phi) is 4.39.